The fourth-order valence-electron chi connectivity index (χ4n) is 12.1. The van der Waals surface area contributed by atoms with Gasteiger partial charge in [-0.3, -0.25) is 53.0 Å². The molecule has 9 amide bonds. The zero-order valence-corrected chi connectivity index (χ0v) is 47.6. The number of imide groups is 1. The number of carbonyl (C=O) groups is 9. The minimum absolute atomic E-state index is 0.0000795. The van der Waals surface area contributed by atoms with Crippen LogP contribution in [0.15, 0.2) is 103 Å². The van der Waals surface area contributed by atoms with Crippen LogP contribution in [-0.4, -0.2) is 150 Å². The molecule has 0 bridgehead atoms. The van der Waals surface area contributed by atoms with E-state index in [4.69, 9.17) is 5.73 Å². The summed E-state index contributed by atoms with van der Waals surface area (Å²) in [5.41, 5.74) is 3.33. The third-order valence-corrected chi connectivity index (χ3v) is 17.8. The number of nitrogens with zero attached hydrogens (tertiary/aromatic N) is 4. The molecule has 4 saturated heterocycles. The Bertz CT molecular complexity index is 3560. The van der Waals surface area contributed by atoms with E-state index in [9.17, 15) is 61.5 Å². The lowest BCUT2D eigenvalue weighted by molar-refractivity contribution is -0.145. The summed E-state index contributed by atoms with van der Waals surface area (Å²) in [5, 5.41) is 10.8. The SMILES string of the molecule is NC(=O)CCC(NC(=O)[C@@H]1CC[C@@H]2CCN(C(=O)CCN3CCC(C#Cc4cccc5c4CN(C4CCC(=O)NC4=O)C5=O)CC3)C[C@H](NC(=O)c3cc4cc(C(F)(F)P(=O)(O)O)ccc4[nH]3)C(=O)N21)C(=O)NC(c1ccccc1)c1ccccc1. The lowest BCUT2D eigenvalue weighted by atomic mass is 9.96. The Kier molecular flexibility index (Phi) is 18.0. The Morgan fingerprint density at radius 2 is 1.52 bits per heavy atom. The highest BCUT2D eigenvalue weighted by molar-refractivity contribution is 7.52. The van der Waals surface area contributed by atoms with E-state index in [-0.39, 0.29) is 105 Å². The number of carbonyl (C=O) groups excluding carboxylic acids is 9. The van der Waals surface area contributed by atoms with Crippen LogP contribution < -0.4 is 27.0 Å². The molecular weight excluding hydrogens is 1130 g/mol. The first-order valence-electron chi connectivity index (χ1n) is 28.6. The van der Waals surface area contributed by atoms with E-state index in [1.807, 2.05) is 66.7 Å². The molecule has 0 saturated carbocycles. The Morgan fingerprint density at radius 3 is 2.20 bits per heavy atom. The third kappa shape index (κ3) is 13.3. The Morgan fingerprint density at radius 1 is 0.814 bits per heavy atom. The van der Waals surface area contributed by atoms with Gasteiger partial charge in [-0.1, -0.05) is 84.6 Å². The molecule has 2 unspecified atom stereocenters. The van der Waals surface area contributed by atoms with Crippen molar-refractivity contribution in [3.63, 3.8) is 0 Å². The van der Waals surface area contributed by atoms with Crippen molar-refractivity contribution in [3.8, 4) is 11.8 Å². The van der Waals surface area contributed by atoms with Crippen LogP contribution in [0.4, 0.5) is 8.78 Å². The predicted octanol–water partition coefficient (Wildman–Crippen LogP) is 3.66. The van der Waals surface area contributed by atoms with E-state index in [0.29, 0.717) is 50.0 Å². The van der Waals surface area contributed by atoms with Crippen molar-refractivity contribution < 1.29 is 66.3 Å². The first-order chi connectivity index (χ1) is 41.1. The highest BCUT2D eigenvalue weighted by atomic mass is 31.2. The van der Waals surface area contributed by atoms with Gasteiger partial charge in [-0.25, -0.2) is 0 Å². The maximum Gasteiger partial charge on any atom is 0.399 e. The van der Waals surface area contributed by atoms with Crippen LogP contribution in [0.1, 0.15) is 119 Å². The van der Waals surface area contributed by atoms with Crippen molar-refractivity contribution in [2.45, 2.75) is 113 Å². The van der Waals surface area contributed by atoms with Gasteiger partial charge in [0.15, 0.2) is 0 Å². The zero-order chi connectivity index (χ0) is 61.0. The summed E-state index contributed by atoms with van der Waals surface area (Å²) in [4.78, 5) is 151. The number of alkyl halides is 2. The number of hydrogen-bond donors (Lipinski definition) is 8. The van der Waals surface area contributed by atoms with Gasteiger partial charge < -0.3 is 56.1 Å². The van der Waals surface area contributed by atoms with Gasteiger partial charge in [0.25, 0.3) is 11.8 Å². The monoisotopic (exact) mass is 1200 g/mol. The summed E-state index contributed by atoms with van der Waals surface area (Å²) < 4.78 is 41.3. The topological polar surface area (TPSA) is 314 Å². The van der Waals surface area contributed by atoms with E-state index in [2.05, 4.69) is 43.0 Å². The van der Waals surface area contributed by atoms with Crippen LogP contribution in [0.3, 0.4) is 0 Å². The second-order valence-electron chi connectivity index (χ2n) is 22.4. The molecule has 9 N–H and O–H groups in total. The lowest BCUT2D eigenvalue weighted by Gasteiger charge is -2.39. The molecule has 5 aliphatic heterocycles. The normalized spacial score (nSPS) is 20.7. The largest absolute Gasteiger partial charge is 0.399 e. The minimum atomic E-state index is -5.94. The number of primary amides is 1. The number of amides is 9. The standard InChI is InChI=1S/C61H65F2N10O12P/c62-61(63,86(83,84)85)41-16-18-45-40(32-41)33-47(65-45)56(78)67-48-35-71(53(76)27-30-70-28-24-36(25-29-70)14-15-37-12-7-13-43-44(37)34-72(59(43)81)49-21-23-52(75)68-57(49)79)31-26-42-17-20-50(73(42)60(48)82)58(80)66-46(19-22-51(64)74)55(77)69-54(38-8-3-1-4-9-38)39-10-5-2-6-11-39/h1-13,16,18,32-33,36,42,46,48-50,54,65H,17,19-31,34-35H2,(H2,64,74)(H,66,80)(H,67,78)(H,69,77)(H,68,75,79)(H2,83,84,85)/t42-,46?,48+,49?,50+/m1/s1. The molecule has 25 heteroatoms. The number of rotatable bonds is 17. The van der Waals surface area contributed by atoms with Crippen molar-refractivity contribution in [1.29, 1.82) is 0 Å². The van der Waals surface area contributed by atoms with Crippen LogP contribution >= 0.6 is 7.60 Å². The first-order valence-corrected chi connectivity index (χ1v) is 30.2. The molecule has 0 spiro atoms. The van der Waals surface area contributed by atoms with Gasteiger partial charge in [0.2, 0.25) is 41.4 Å². The van der Waals surface area contributed by atoms with E-state index >= 15 is 4.79 Å². The smallest absolute Gasteiger partial charge is 0.370 e. The molecule has 22 nitrogen and oxygen atoms in total. The van der Waals surface area contributed by atoms with Crippen molar-refractivity contribution in [3.05, 3.63) is 142 Å². The second kappa shape index (κ2) is 25.5. The predicted molar refractivity (Wildman–Crippen MR) is 307 cm³/mol. The molecule has 5 aromatic rings. The molecule has 5 aliphatic rings. The van der Waals surface area contributed by atoms with Gasteiger partial charge in [0.05, 0.1) is 6.04 Å². The maximum atomic E-state index is 15.1. The fourth-order valence-corrected chi connectivity index (χ4v) is 12.6. The van der Waals surface area contributed by atoms with Crippen LogP contribution in [-0.2, 0) is 50.3 Å². The number of nitrogens with two attached hydrogens (primary N) is 1. The number of hydrogen-bond acceptors (Lipinski definition) is 11. The summed E-state index contributed by atoms with van der Waals surface area (Å²) in [5.74, 6) is 1.55. The van der Waals surface area contributed by atoms with Gasteiger partial charge in [0.1, 0.15) is 29.9 Å². The number of fused-ring (bicyclic) bond motifs is 3. The molecule has 0 radical (unpaired) electrons. The molecule has 450 valence electrons. The van der Waals surface area contributed by atoms with Gasteiger partial charge in [-0.15, -0.1) is 0 Å². The lowest BCUT2D eigenvalue weighted by Crippen LogP contribution is -2.62. The molecule has 5 atom stereocenters. The quantitative estimate of drug-likeness (QED) is 0.0375. The molecule has 4 fully saturated rings. The Labute approximate surface area is 493 Å². The molecule has 4 aromatic carbocycles. The summed E-state index contributed by atoms with van der Waals surface area (Å²) in [7, 11) is -5.94. The number of halogens is 2. The van der Waals surface area contributed by atoms with E-state index in [1.54, 1.807) is 12.1 Å². The number of nitrogens with one attached hydrogen (secondary N) is 5. The average molecular weight is 1200 g/mol. The molecule has 86 heavy (non-hydrogen) atoms. The average Bonchev–Trinajstić information content (AvgIpc) is 1.85. The highest BCUT2D eigenvalue weighted by Gasteiger charge is 2.51. The number of aromatic nitrogens is 1. The zero-order valence-electron chi connectivity index (χ0n) is 46.7. The van der Waals surface area contributed by atoms with Gasteiger partial charge in [-0.2, -0.15) is 8.78 Å². The van der Waals surface area contributed by atoms with Crippen LogP contribution in [0.2, 0.25) is 0 Å². The van der Waals surface area contributed by atoms with Crippen molar-refractivity contribution in [2.75, 3.05) is 32.7 Å². The van der Waals surface area contributed by atoms with Gasteiger partial charge in [0, 0.05) is 85.0 Å². The van der Waals surface area contributed by atoms with Crippen LogP contribution in [0.5, 0.6) is 0 Å². The molecule has 6 heterocycles. The summed E-state index contributed by atoms with van der Waals surface area (Å²) in [6.07, 6.45) is 2.08. The Balaban J connectivity index is 0.829. The maximum absolute atomic E-state index is 15.1. The van der Waals surface area contributed by atoms with Crippen molar-refractivity contribution in [1.82, 2.24) is 45.9 Å². The number of benzene rings is 4. The van der Waals surface area contributed by atoms with E-state index in [0.717, 1.165) is 34.9 Å². The molecule has 10 rings (SSSR count). The van der Waals surface area contributed by atoms with Crippen molar-refractivity contribution >= 4 is 71.7 Å². The first kappa shape index (κ1) is 60.5. The second-order valence-corrected chi connectivity index (χ2v) is 24.1. The Hall–Kier alpha value is -8.62. The molecule has 1 aromatic heterocycles. The molecule has 0 aliphatic carbocycles. The van der Waals surface area contributed by atoms with Gasteiger partial charge in [-0.05, 0) is 105 Å². The van der Waals surface area contributed by atoms with E-state index < -0.39 is 90.5 Å². The third-order valence-electron chi connectivity index (χ3n) is 16.8. The number of H-pyrrole nitrogens is 1. The highest BCUT2D eigenvalue weighted by Crippen LogP contribution is 2.59. The minimum Gasteiger partial charge on any atom is -0.370 e. The summed E-state index contributed by atoms with van der Waals surface area (Å²) in [6.45, 7) is 1.59. The van der Waals surface area contributed by atoms with E-state index in [1.165, 1.54) is 20.8 Å². The number of likely N-dealkylation sites (tertiary alicyclic amines) is 1. The van der Waals surface area contributed by atoms with Crippen LogP contribution in [0, 0.1) is 17.8 Å². The fraction of sp³-hybridized carbons (Fsp3) is 0.393. The van der Waals surface area contributed by atoms with Crippen LogP contribution in [0.25, 0.3) is 10.9 Å². The summed E-state index contributed by atoms with van der Waals surface area (Å²) in [6, 6.07) is 21.6. The van der Waals surface area contributed by atoms with Gasteiger partial charge >= 0.3 is 13.3 Å². The van der Waals surface area contributed by atoms with Crippen molar-refractivity contribution in [2.24, 2.45) is 11.7 Å². The summed E-state index contributed by atoms with van der Waals surface area (Å²) >= 11 is 0. The number of aromatic amines is 1. The molecular formula is C61H65F2N10O12P. The number of piperidine rings is 2.